The molecule has 0 aromatic carbocycles. The lowest BCUT2D eigenvalue weighted by atomic mass is 10.1. The largest absolute Gasteiger partial charge is 0.379 e. The van der Waals surface area contributed by atoms with Gasteiger partial charge < -0.3 is 14.4 Å². The molecule has 1 atom stereocenters. The number of rotatable bonds is 36. The van der Waals surface area contributed by atoms with Crippen molar-refractivity contribution >= 4 is 0 Å². The van der Waals surface area contributed by atoms with Crippen LogP contribution in [0.1, 0.15) is 187 Å². The minimum atomic E-state index is 0.262. The summed E-state index contributed by atoms with van der Waals surface area (Å²) in [6.45, 7) is 10.8. The minimum absolute atomic E-state index is 0.262. The van der Waals surface area contributed by atoms with Crippen LogP contribution in [-0.4, -0.2) is 50.5 Å². The third kappa shape index (κ3) is 33.1. The van der Waals surface area contributed by atoms with Gasteiger partial charge in [-0.1, -0.05) is 140 Å². The molecule has 1 fully saturated rings. The van der Waals surface area contributed by atoms with Crippen molar-refractivity contribution in [3.8, 4) is 0 Å². The van der Waals surface area contributed by atoms with E-state index in [0.29, 0.717) is 0 Å². The van der Waals surface area contributed by atoms with Crippen molar-refractivity contribution in [2.45, 2.75) is 193 Å². The van der Waals surface area contributed by atoms with Crippen LogP contribution in [0.25, 0.3) is 0 Å². The van der Waals surface area contributed by atoms with Crippen molar-refractivity contribution in [1.82, 2.24) is 4.90 Å². The topological polar surface area (TPSA) is 21.7 Å². The molecule has 1 rings (SSSR count). The molecular weight excluding hydrogens is 574 g/mol. The Morgan fingerprint density at radius 2 is 0.915 bits per heavy atom. The molecule has 0 amide bonds. The first-order valence-electron chi connectivity index (χ1n) is 20.9. The van der Waals surface area contributed by atoms with E-state index in [1.165, 1.54) is 174 Å². The predicted molar refractivity (Wildman–Crippen MR) is 210 cm³/mol. The van der Waals surface area contributed by atoms with Crippen molar-refractivity contribution in [1.29, 1.82) is 0 Å². The Morgan fingerprint density at radius 1 is 0.489 bits per heavy atom. The molecule has 3 nitrogen and oxygen atoms in total. The number of allylic oxidation sites excluding steroid dienone is 8. The summed E-state index contributed by atoms with van der Waals surface area (Å²) in [6, 6.07) is 0. The molecule has 0 spiro atoms. The van der Waals surface area contributed by atoms with Gasteiger partial charge in [0.25, 0.3) is 0 Å². The number of hydrogen-bond acceptors (Lipinski definition) is 3. The van der Waals surface area contributed by atoms with Crippen LogP contribution in [0.5, 0.6) is 0 Å². The van der Waals surface area contributed by atoms with Gasteiger partial charge in [0.2, 0.25) is 0 Å². The molecule has 0 saturated carbocycles. The Morgan fingerprint density at radius 3 is 1.40 bits per heavy atom. The smallest absolute Gasteiger partial charge is 0.0820 e. The third-order valence-corrected chi connectivity index (χ3v) is 9.46. The van der Waals surface area contributed by atoms with E-state index in [-0.39, 0.29) is 6.10 Å². The zero-order valence-corrected chi connectivity index (χ0v) is 31.8. The third-order valence-electron chi connectivity index (χ3n) is 9.46. The highest BCUT2D eigenvalue weighted by Crippen LogP contribution is 2.13. The molecule has 1 aliphatic rings. The fourth-order valence-corrected chi connectivity index (χ4v) is 6.29. The molecule has 0 unspecified atom stereocenters. The molecule has 3 heteroatoms. The average molecular weight is 656 g/mol. The fraction of sp³-hybridized carbons (Fsp3) is 0.818. The second-order valence-corrected chi connectivity index (χ2v) is 14.1. The van der Waals surface area contributed by atoms with Gasteiger partial charge in [-0.05, 0) is 109 Å². The summed E-state index contributed by atoms with van der Waals surface area (Å²) in [5.74, 6) is 0. The van der Waals surface area contributed by atoms with Crippen LogP contribution in [-0.2, 0) is 9.47 Å². The van der Waals surface area contributed by atoms with Crippen LogP contribution in [0.2, 0.25) is 0 Å². The number of unbranched alkanes of at least 4 members (excludes halogenated alkanes) is 18. The minimum Gasteiger partial charge on any atom is -0.379 e. The van der Waals surface area contributed by atoms with Crippen LogP contribution in [0.15, 0.2) is 48.6 Å². The van der Waals surface area contributed by atoms with Crippen LogP contribution < -0.4 is 0 Å². The maximum Gasteiger partial charge on any atom is 0.0820 e. The SMILES string of the molecule is CCCCCC=CCC=CCCCCCCCCOC[C@@H](CCN1CCCC1)OCCCCCCCCC=CCC=CCCCCC. The van der Waals surface area contributed by atoms with Crippen molar-refractivity contribution in [2.75, 3.05) is 39.5 Å². The highest BCUT2D eigenvalue weighted by molar-refractivity contribution is 4.93. The maximum atomic E-state index is 6.38. The first-order chi connectivity index (χ1) is 23.4. The summed E-state index contributed by atoms with van der Waals surface area (Å²) in [5.41, 5.74) is 0. The van der Waals surface area contributed by atoms with Gasteiger partial charge in [-0.15, -0.1) is 0 Å². The lowest BCUT2D eigenvalue weighted by molar-refractivity contribution is -0.0255. The van der Waals surface area contributed by atoms with E-state index in [1.54, 1.807) is 0 Å². The van der Waals surface area contributed by atoms with E-state index >= 15 is 0 Å². The van der Waals surface area contributed by atoms with E-state index in [2.05, 4.69) is 67.4 Å². The molecule has 0 bridgehead atoms. The van der Waals surface area contributed by atoms with Gasteiger partial charge >= 0.3 is 0 Å². The quantitative estimate of drug-likeness (QED) is 0.0495. The second-order valence-electron chi connectivity index (χ2n) is 14.1. The van der Waals surface area contributed by atoms with Gasteiger partial charge in [0, 0.05) is 19.8 Å². The summed E-state index contributed by atoms with van der Waals surface area (Å²) in [6.07, 6.45) is 53.9. The monoisotopic (exact) mass is 656 g/mol. The molecule has 0 N–H and O–H groups in total. The molecule has 1 heterocycles. The summed E-state index contributed by atoms with van der Waals surface area (Å²) < 4.78 is 12.5. The first-order valence-corrected chi connectivity index (χ1v) is 20.9. The van der Waals surface area contributed by atoms with Gasteiger partial charge in [-0.2, -0.15) is 0 Å². The lowest BCUT2D eigenvalue weighted by Crippen LogP contribution is -2.28. The van der Waals surface area contributed by atoms with Gasteiger partial charge in [-0.25, -0.2) is 0 Å². The molecule has 47 heavy (non-hydrogen) atoms. The van der Waals surface area contributed by atoms with E-state index in [9.17, 15) is 0 Å². The highest BCUT2D eigenvalue weighted by Gasteiger charge is 2.15. The molecule has 0 aliphatic carbocycles. The summed E-state index contributed by atoms with van der Waals surface area (Å²) in [7, 11) is 0. The van der Waals surface area contributed by atoms with Gasteiger partial charge in [0.05, 0.1) is 12.7 Å². The van der Waals surface area contributed by atoms with Crippen molar-refractivity contribution in [3.63, 3.8) is 0 Å². The van der Waals surface area contributed by atoms with E-state index in [1.807, 2.05) is 0 Å². The Balaban J connectivity index is 1.99. The van der Waals surface area contributed by atoms with Gasteiger partial charge in [0.15, 0.2) is 0 Å². The summed E-state index contributed by atoms with van der Waals surface area (Å²) in [4.78, 5) is 2.61. The van der Waals surface area contributed by atoms with E-state index in [0.717, 1.165) is 39.1 Å². The Bertz CT molecular complexity index is 720. The van der Waals surface area contributed by atoms with Crippen LogP contribution in [0.3, 0.4) is 0 Å². The number of likely N-dealkylation sites (tertiary alicyclic amines) is 1. The molecule has 1 saturated heterocycles. The zero-order valence-electron chi connectivity index (χ0n) is 31.8. The molecule has 274 valence electrons. The summed E-state index contributed by atoms with van der Waals surface area (Å²) >= 11 is 0. The Labute approximate surface area is 295 Å². The second kappa shape index (κ2) is 37.7. The first kappa shape index (κ1) is 43.9. The van der Waals surface area contributed by atoms with Crippen molar-refractivity contribution in [3.05, 3.63) is 48.6 Å². The number of hydrogen-bond donors (Lipinski definition) is 0. The summed E-state index contributed by atoms with van der Waals surface area (Å²) in [5, 5.41) is 0. The predicted octanol–water partition coefficient (Wildman–Crippen LogP) is 13.5. The van der Waals surface area contributed by atoms with E-state index < -0.39 is 0 Å². The zero-order chi connectivity index (χ0) is 33.6. The van der Waals surface area contributed by atoms with Crippen LogP contribution in [0, 0.1) is 0 Å². The maximum absolute atomic E-state index is 6.38. The molecule has 0 radical (unpaired) electrons. The Hall–Kier alpha value is -1.16. The normalized spacial score (nSPS) is 15.1. The number of nitrogens with zero attached hydrogens (tertiary/aromatic N) is 1. The van der Waals surface area contributed by atoms with Crippen LogP contribution >= 0.6 is 0 Å². The van der Waals surface area contributed by atoms with Crippen LogP contribution in [0.4, 0.5) is 0 Å². The highest BCUT2D eigenvalue weighted by atomic mass is 16.5. The average Bonchev–Trinajstić information content (AvgIpc) is 3.61. The Kier molecular flexibility index (Phi) is 35.1. The number of ether oxygens (including phenoxy) is 2. The lowest BCUT2D eigenvalue weighted by Gasteiger charge is -2.22. The van der Waals surface area contributed by atoms with E-state index in [4.69, 9.17) is 9.47 Å². The molecule has 0 aromatic heterocycles. The molecule has 1 aliphatic heterocycles. The standard InChI is InChI=1S/C44H81NO2/c1-3-5-7-9-11-13-15-17-19-21-23-25-27-29-31-35-41-46-43-44(37-40-45-38-33-34-39-45)47-42-36-32-30-28-26-24-22-20-18-16-14-12-10-8-6-4-2/h11-14,17-20,44H,3-10,15-16,21-43H2,1-2H3/t44-/m1/s1. The molecule has 0 aromatic rings. The fourth-order valence-electron chi connectivity index (χ4n) is 6.29. The van der Waals surface area contributed by atoms with Gasteiger partial charge in [0.1, 0.15) is 0 Å². The molecular formula is C44H81NO2. The van der Waals surface area contributed by atoms with Gasteiger partial charge in [-0.3, -0.25) is 0 Å². The van der Waals surface area contributed by atoms with Crippen molar-refractivity contribution in [2.24, 2.45) is 0 Å². The van der Waals surface area contributed by atoms with Crippen molar-refractivity contribution < 1.29 is 9.47 Å².